The molecule has 1 saturated heterocycles. The lowest BCUT2D eigenvalue weighted by Crippen LogP contribution is -2.29. The Morgan fingerprint density at radius 1 is 1.19 bits per heavy atom. The number of ether oxygens (including phenoxy) is 1. The van der Waals surface area contributed by atoms with Crippen LogP contribution >= 0.6 is 0 Å². The first-order valence-corrected chi connectivity index (χ1v) is 9.67. The Balaban J connectivity index is 1.64. The van der Waals surface area contributed by atoms with Gasteiger partial charge in [-0.3, -0.25) is 0 Å². The monoisotopic (exact) mass is 398 g/mol. The molecule has 2 aromatic rings. The lowest BCUT2D eigenvalue weighted by Gasteiger charge is -2.15. The molecule has 0 saturated carbocycles. The maximum absolute atomic E-state index is 12.7. The van der Waals surface area contributed by atoms with Gasteiger partial charge in [-0.1, -0.05) is 30.3 Å². The molecule has 9 heteroatoms. The summed E-state index contributed by atoms with van der Waals surface area (Å²) in [6, 6.07) is 10.7. The SMILES string of the molecule is O=S(=O)(/C=C/c1ccccc1)N1CC[C@H](Oc2cc(C(F)(F)F)ccn2)C1. The molecular weight excluding hydrogens is 381 g/mol. The molecule has 2 heterocycles. The van der Waals surface area contributed by atoms with Gasteiger partial charge in [0, 0.05) is 24.2 Å². The summed E-state index contributed by atoms with van der Waals surface area (Å²) in [6.07, 6.45) is -2.16. The van der Waals surface area contributed by atoms with Crippen LogP contribution in [0.15, 0.2) is 54.1 Å². The van der Waals surface area contributed by atoms with Gasteiger partial charge in [0.05, 0.1) is 12.1 Å². The summed E-state index contributed by atoms with van der Waals surface area (Å²) in [5.41, 5.74) is -0.109. The Bertz CT molecular complexity index is 915. The number of rotatable bonds is 5. The summed E-state index contributed by atoms with van der Waals surface area (Å²) in [5.74, 6) is -0.172. The van der Waals surface area contributed by atoms with Crippen molar-refractivity contribution in [2.45, 2.75) is 18.7 Å². The highest BCUT2D eigenvalue weighted by atomic mass is 32.2. The normalized spacial score (nSPS) is 18.9. The van der Waals surface area contributed by atoms with E-state index in [2.05, 4.69) is 4.98 Å². The molecule has 0 bridgehead atoms. The average molecular weight is 398 g/mol. The highest BCUT2D eigenvalue weighted by Crippen LogP contribution is 2.31. The third kappa shape index (κ3) is 5.08. The molecule has 1 atom stereocenters. The van der Waals surface area contributed by atoms with E-state index in [1.54, 1.807) is 24.3 Å². The molecule has 1 aliphatic rings. The third-order valence-electron chi connectivity index (χ3n) is 4.05. The van der Waals surface area contributed by atoms with Crippen LogP contribution in [0.3, 0.4) is 0 Å². The molecule has 27 heavy (non-hydrogen) atoms. The van der Waals surface area contributed by atoms with E-state index in [1.807, 2.05) is 6.07 Å². The second-order valence-electron chi connectivity index (χ2n) is 6.03. The number of alkyl halides is 3. The van der Waals surface area contributed by atoms with Crippen molar-refractivity contribution in [1.29, 1.82) is 0 Å². The maximum atomic E-state index is 12.7. The molecule has 1 fully saturated rings. The summed E-state index contributed by atoms with van der Waals surface area (Å²) in [7, 11) is -3.64. The van der Waals surface area contributed by atoms with Crippen molar-refractivity contribution < 1.29 is 26.3 Å². The second-order valence-corrected chi connectivity index (χ2v) is 7.84. The van der Waals surface area contributed by atoms with Crippen LogP contribution in [-0.2, 0) is 16.2 Å². The molecule has 1 aromatic heterocycles. The van der Waals surface area contributed by atoms with Crippen LogP contribution in [0.2, 0.25) is 0 Å². The standard InChI is InChI=1S/C18H17F3N2O3S/c19-18(20,21)15-6-9-22-17(12-15)26-16-7-10-23(13-16)27(24,25)11-8-14-4-2-1-3-5-14/h1-6,8-9,11-12,16H,7,10,13H2/b11-8+/t16-/m0/s1. The van der Waals surface area contributed by atoms with Crippen LogP contribution in [0, 0.1) is 0 Å². The van der Waals surface area contributed by atoms with Crippen molar-refractivity contribution in [2.24, 2.45) is 0 Å². The molecule has 3 rings (SSSR count). The summed E-state index contributed by atoms with van der Waals surface area (Å²) in [4.78, 5) is 3.78. The first-order chi connectivity index (χ1) is 12.7. The zero-order valence-corrected chi connectivity index (χ0v) is 14.9. The molecule has 0 spiro atoms. The number of hydrogen-bond acceptors (Lipinski definition) is 4. The van der Waals surface area contributed by atoms with Crippen LogP contribution in [0.5, 0.6) is 5.88 Å². The van der Waals surface area contributed by atoms with Crippen LogP contribution in [0.1, 0.15) is 17.5 Å². The predicted octanol–water partition coefficient (Wildman–Crippen LogP) is 3.55. The van der Waals surface area contributed by atoms with Gasteiger partial charge < -0.3 is 4.74 Å². The van der Waals surface area contributed by atoms with Gasteiger partial charge in [-0.05, 0) is 24.1 Å². The first kappa shape index (κ1) is 19.4. The quantitative estimate of drug-likeness (QED) is 0.773. The van der Waals surface area contributed by atoms with E-state index in [0.29, 0.717) is 6.42 Å². The lowest BCUT2D eigenvalue weighted by molar-refractivity contribution is -0.137. The van der Waals surface area contributed by atoms with Crippen molar-refractivity contribution in [2.75, 3.05) is 13.1 Å². The minimum Gasteiger partial charge on any atom is -0.473 e. The lowest BCUT2D eigenvalue weighted by atomic mass is 10.2. The largest absolute Gasteiger partial charge is 0.473 e. The van der Waals surface area contributed by atoms with Gasteiger partial charge in [-0.15, -0.1) is 0 Å². The fourth-order valence-corrected chi connectivity index (χ4v) is 3.90. The van der Waals surface area contributed by atoms with Crippen LogP contribution < -0.4 is 4.74 Å². The third-order valence-corrected chi connectivity index (χ3v) is 5.58. The van der Waals surface area contributed by atoms with Gasteiger partial charge in [0.1, 0.15) is 6.10 Å². The van der Waals surface area contributed by atoms with E-state index in [0.717, 1.165) is 29.3 Å². The number of pyridine rings is 1. The van der Waals surface area contributed by atoms with E-state index in [1.165, 1.54) is 10.4 Å². The highest BCUT2D eigenvalue weighted by molar-refractivity contribution is 7.92. The van der Waals surface area contributed by atoms with Crippen molar-refractivity contribution in [3.63, 3.8) is 0 Å². The van der Waals surface area contributed by atoms with Gasteiger partial charge in [0.2, 0.25) is 15.9 Å². The zero-order chi connectivity index (χ0) is 19.5. The molecule has 1 aromatic carbocycles. The van der Waals surface area contributed by atoms with Crippen molar-refractivity contribution in [1.82, 2.24) is 9.29 Å². The highest BCUT2D eigenvalue weighted by Gasteiger charge is 2.33. The molecule has 5 nitrogen and oxygen atoms in total. The van der Waals surface area contributed by atoms with Crippen molar-refractivity contribution in [3.8, 4) is 5.88 Å². The van der Waals surface area contributed by atoms with Gasteiger partial charge in [-0.2, -0.15) is 17.5 Å². The number of nitrogens with zero attached hydrogens (tertiary/aromatic N) is 2. The zero-order valence-electron chi connectivity index (χ0n) is 14.1. The van der Waals surface area contributed by atoms with Crippen molar-refractivity contribution in [3.05, 3.63) is 65.2 Å². The van der Waals surface area contributed by atoms with E-state index >= 15 is 0 Å². The number of aromatic nitrogens is 1. The molecule has 1 aliphatic heterocycles. The minimum absolute atomic E-state index is 0.0549. The van der Waals surface area contributed by atoms with E-state index in [4.69, 9.17) is 4.74 Å². The Labute approximate surface area is 155 Å². The smallest absolute Gasteiger partial charge is 0.416 e. The number of halogens is 3. The summed E-state index contributed by atoms with van der Waals surface area (Å²) < 4.78 is 69.8. The Hall–Kier alpha value is -2.39. The van der Waals surface area contributed by atoms with E-state index in [9.17, 15) is 21.6 Å². The van der Waals surface area contributed by atoms with E-state index < -0.39 is 27.9 Å². The number of benzene rings is 1. The first-order valence-electron chi connectivity index (χ1n) is 8.17. The Morgan fingerprint density at radius 2 is 1.93 bits per heavy atom. The average Bonchev–Trinajstić information content (AvgIpc) is 3.10. The second kappa shape index (κ2) is 7.69. The summed E-state index contributed by atoms with van der Waals surface area (Å²) in [5, 5.41) is 1.12. The van der Waals surface area contributed by atoms with Gasteiger partial charge in [-0.25, -0.2) is 13.4 Å². The Kier molecular flexibility index (Phi) is 5.52. The predicted molar refractivity (Wildman–Crippen MR) is 94.2 cm³/mol. The number of hydrogen-bond donors (Lipinski definition) is 0. The molecule has 0 aliphatic carbocycles. The minimum atomic E-state index is -4.49. The van der Waals surface area contributed by atoms with Crippen LogP contribution in [0.4, 0.5) is 13.2 Å². The van der Waals surface area contributed by atoms with Gasteiger partial charge in [0.25, 0.3) is 0 Å². The molecule has 0 amide bonds. The van der Waals surface area contributed by atoms with E-state index in [-0.39, 0.29) is 19.0 Å². The van der Waals surface area contributed by atoms with Crippen molar-refractivity contribution >= 4 is 16.1 Å². The fourth-order valence-electron chi connectivity index (χ4n) is 2.66. The topological polar surface area (TPSA) is 59.5 Å². The van der Waals surface area contributed by atoms with Crippen LogP contribution in [-0.4, -0.2) is 36.9 Å². The summed E-state index contributed by atoms with van der Waals surface area (Å²) >= 11 is 0. The van der Waals surface area contributed by atoms with Crippen LogP contribution in [0.25, 0.3) is 6.08 Å². The fraction of sp³-hybridized carbons (Fsp3) is 0.278. The molecule has 0 radical (unpaired) electrons. The van der Waals surface area contributed by atoms with Gasteiger partial charge >= 0.3 is 6.18 Å². The molecule has 0 N–H and O–H groups in total. The maximum Gasteiger partial charge on any atom is 0.416 e. The molecular formula is C18H17F3N2O3S. The Morgan fingerprint density at radius 3 is 2.63 bits per heavy atom. The number of sulfonamides is 1. The molecule has 0 unspecified atom stereocenters. The summed E-state index contributed by atoms with van der Waals surface area (Å²) in [6.45, 7) is 0.282. The molecule has 144 valence electrons. The van der Waals surface area contributed by atoms with Gasteiger partial charge in [0.15, 0.2) is 0 Å².